The number of hydrogen-bond acceptors (Lipinski definition) is 7. The summed E-state index contributed by atoms with van der Waals surface area (Å²) in [6.07, 6.45) is 1.59. The number of methoxy groups -OCH3 is 1. The predicted molar refractivity (Wildman–Crippen MR) is 123 cm³/mol. The number of para-hydroxylation sites is 1. The maximum Gasteiger partial charge on any atom is 0.333 e. The second-order valence-electron chi connectivity index (χ2n) is 7.46. The standard InChI is InChI=1S/C22H31N5O5/c1-6-32-24-13-17-19(23)26(12-11-16-9-7-8-10-18(16)31-5)22(30)27(21(17)29)15(4)20(28)25-14(2)3/h7-10,13-15H,6,11-12,23H2,1-5H3,(H,25,28)/b24-13+. The van der Waals surface area contributed by atoms with E-state index in [1.807, 2.05) is 24.3 Å². The van der Waals surface area contributed by atoms with Gasteiger partial charge in [0.1, 0.15) is 29.8 Å². The van der Waals surface area contributed by atoms with Crippen LogP contribution >= 0.6 is 0 Å². The van der Waals surface area contributed by atoms with E-state index in [4.69, 9.17) is 15.3 Å². The largest absolute Gasteiger partial charge is 0.496 e. The van der Waals surface area contributed by atoms with Gasteiger partial charge in [0, 0.05) is 12.6 Å². The van der Waals surface area contributed by atoms with Crippen molar-refractivity contribution in [2.24, 2.45) is 5.16 Å². The van der Waals surface area contributed by atoms with Gasteiger partial charge in [0.25, 0.3) is 5.56 Å². The minimum absolute atomic E-state index is 0.0257. The Hall–Kier alpha value is -3.56. The van der Waals surface area contributed by atoms with Gasteiger partial charge in [0.05, 0.1) is 13.3 Å². The molecule has 0 aliphatic carbocycles. The average Bonchev–Trinajstić information content (AvgIpc) is 2.75. The molecule has 174 valence electrons. The van der Waals surface area contributed by atoms with Crippen molar-refractivity contribution < 1.29 is 14.4 Å². The molecule has 10 nitrogen and oxygen atoms in total. The van der Waals surface area contributed by atoms with Crippen LogP contribution in [0.5, 0.6) is 5.75 Å². The van der Waals surface area contributed by atoms with Gasteiger partial charge in [-0.05, 0) is 45.7 Å². The van der Waals surface area contributed by atoms with Crippen molar-refractivity contribution in [3.63, 3.8) is 0 Å². The number of carbonyl (C=O) groups excluding carboxylic acids is 1. The van der Waals surface area contributed by atoms with Crippen molar-refractivity contribution in [2.45, 2.75) is 52.7 Å². The van der Waals surface area contributed by atoms with Crippen LogP contribution in [0.3, 0.4) is 0 Å². The Morgan fingerprint density at radius 1 is 1.25 bits per heavy atom. The summed E-state index contributed by atoms with van der Waals surface area (Å²) in [4.78, 5) is 43.9. The fourth-order valence-corrected chi connectivity index (χ4v) is 3.21. The maximum absolute atomic E-state index is 13.3. The van der Waals surface area contributed by atoms with E-state index in [0.717, 1.165) is 10.1 Å². The van der Waals surface area contributed by atoms with Crippen molar-refractivity contribution in [3.8, 4) is 5.75 Å². The Balaban J connectivity index is 2.59. The number of oxime groups is 1. The van der Waals surface area contributed by atoms with Gasteiger partial charge >= 0.3 is 5.69 Å². The normalized spacial score (nSPS) is 12.2. The van der Waals surface area contributed by atoms with Gasteiger partial charge in [-0.25, -0.2) is 9.36 Å². The molecular formula is C22H31N5O5. The first kappa shape index (κ1) is 24.7. The number of nitrogens with zero attached hydrogens (tertiary/aromatic N) is 3. The van der Waals surface area contributed by atoms with E-state index in [0.29, 0.717) is 18.8 Å². The van der Waals surface area contributed by atoms with Crippen LogP contribution in [0, 0.1) is 0 Å². The molecule has 1 aromatic heterocycles. The minimum atomic E-state index is -1.05. The molecule has 0 aliphatic heterocycles. The van der Waals surface area contributed by atoms with Gasteiger partial charge in [-0.2, -0.15) is 0 Å². The van der Waals surface area contributed by atoms with Crippen LogP contribution in [0.15, 0.2) is 39.0 Å². The lowest BCUT2D eigenvalue weighted by Crippen LogP contribution is -2.49. The second kappa shape index (κ2) is 11.2. The van der Waals surface area contributed by atoms with Crippen LogP contribution in [0.4, 0.5) is 5.82 Å². The minimum Gasteiger partial charge on any atom is -0.496 e. The first-order valence-corrected chi connectivity index (χ1v) is 10.4. The number of nitrogens with two attached hydrogens (primary N) is 1. The number of anilines is 1. The van der Waals surface area contributed by atoms with Crippen LogP contribution in [0.1, 0.15) is 44.9 Å². The zero-order chi connectivity index (χ0) is 23.8. The molecule has 1 amide bonds. The summed E-state index contributed by atoms with van der Waals surface area (Å²) in [7, 11) is 1.57. The molecule has 1 atom stereocenters. The lowest BCUT2D eigenvalue weighted by Gasteiger charge is -2.20. The lowest BCUT2D eigenvalue weighted by atomic mass is 10.1. The number of nitrogen functional groups attached to an aromatic ring is 1. The third kappa shape index (κ3) is 5.57. The number of amides is 1. The number of aryl methyl sites for hydroxylation is 1. The molecule has 2 rings (SSSR count). The monoisotopic (exact) mass is 445 g/mol. The molecule has 3 N–H and O–H groups in total. The fraction of sp³-hybridized carbons (Fsp3) is 0.455. The molecule has 2 aromatic rings. The van der Waals surface area contributed by atoms with Crippen molar-refractivity contribution >= 4 is 17.9 Å². The summed E-state index contributed by atoms with van der Waals surface area (Å²) in [5.74, 6) is 0.175. The Bertz CT molecular complexity index is 1090. The molecule has 0 spiro atoms. The molecule has 0 aliphatic rings. The molecule has 0 saturated carbocycles. The number of hydrogen-bond donors (Lipinski definition) is 2. The third-order valence-electron chi connectivity index (χ3n) is 4.83. The highest BCUT2D eigenvalue weighted by Gasteiger charge is 2.24. The van der Waals surface area contributed by atoms with Crippen LogP contribution in [0.2, 0.25) is 0 Å². The number of rotatable bonds is 10. The summed E-state index contributed by atoms with van der Waals surface area (Å²) < 4.78 is 7.53. The molecule has 0 bridgehead atoms. The van der Waals surface area contributed by atoms with Crippen LogP contribution in [-0.2, 0) is 22.6 Å². The van der Waals surface area contributed by atoms with Crippen LogP contribution in [0.25, 0.3) is 0 Å². The molecular weight excluding hydrogens is 414 g/mol. The Kier molecular flexibility index (Phi) is 8.62. The predicted octanol–water partition coefficient (Wildman–Crippen LogP) is 1.30. The first-order chi connectivity index (χ1) is 15.2. The number of nitrogens with one attached hydrogen (secondary N) is 1. The van der Waals surface area contributed by atoms with Gasteiger partial charge in [-0.3, -0.25) is 14.2 Å². The van der Waals surface area contributed by atoms with Crippen molar-refractivity contribution in [1.29, 1.82) is 0 Å². The van der Waals surface area contributed by atoms with Gasteiger partial charge in [-0.15, -0.1) is 0 Å². The number of ether oxygens (including phenoxy) is 1. The molecule has 1 heterocycles. The van der Waals surface area contributed by atoms with E-state index in [2.05, 4.69) is 10.5 Å². The molecule has 1 unspecified atom stereocenters. The summed E-state index contributed by atoms with van der Waals surface area (Å²) in [5, 5.41) is 6.46. The highest BCUT2D eigenvalue weighted by Crippen LogP contribution is 2.18. The quantitative estimate of drug-likeness (QED) is 0.419. The van der Waals surface area contributed by atoms with Gasteiger partial charge in [0.2, 0.25) is 5.91 Å². The van der Waals surface area contributed by atoms with Crippen molar-refractivity contribution in [3.05, 3.63) is 56.2 Å². The van der Waals surface area contributed by atoms with Crippen molar-refractivity contribution in [1.82, 2.24) is 14.5 Å². The van der Waals surface area contributed by atoms with Gasteiger partial charge in [0.15, 0.2) is 0 Å². The molecule has 10 heteroatoms. The first-order valence-electron chi connectivity index (χ1n) is 10.4. The van der Waals surface area contributed by atoms with Gasteiger partial charge in [-0.1, -0.05) is 23.4 Å². The number of carbonyl (C=O) groups is 1. The Morgan fingerprint density at radius 2 is 1.94 bits per heavy atom. The highest BCUT2D eigenvalue weighted by atomic mass is 16.6. The molecule has 0 saturated heterocycles. The smallest absolute Gasteiger partial charge is 0.333 e. The second-order valence-corrected chi connectivity index (χ2v) is 7.46. The Morgan fingerprint density at radius 3 is 2.56 bits per heavy atom. The topological polar surface area (TPSA) is 130 Å². The van der Waals surface area contributed by atoms with E-state index in [-0.39, 0.29) is 24.0 Å². The zero-order valence-corrected chi connectivity index (χ0v) is 19.1. The molecule has 1 aromatic carbocycles. The SMILES string of the molecule is CCO/N=C/c1c(N)n(CCc2ccccc2OC)c(=O)n(C(C)C(=O)NC(C)C)c1=O. The maximum atomic E-state index is 13.3. The fourth-order valence-electron chi connectivity index (χ4n) is 3.21. The summed E-state index contributed by atoms with van der Waals surface area (Å²) in [6.45, 7) is 7.28. The van der Waals surface area contributed by atoms with E-state index >= 15 is 0 Å². The highest BCUT2D eigenvalue weighted by molar-refractivity contribution is 5.85. The third-order valence-corrected chi connectivity index (χ3v) is 4.83. The van der Waals surface area contributed by atoms with Crippen molar-refractivity contribution in [2.75, 3.05) is 19.5 Å². The van der Waals surface area contributed by atoms with Crippen LogP contribution in [-0.4, -0.2) is 41.0 Å². The molecule has 32 heavy (non-hydrogen) atoms. The zero-order valence-electron chi connectivity index (χ0n) is 19.1. The number of aromatic nitrogens is 2. The lowest BCUT2D eigenvalue weighted by molar-refractivity contribution is -0.124. The molecule has 0 radical (unpaired) electrons. The van der Waals surface area contributed by atoms with Gasteiger partial charge < -0.3 is 20.6 Å². The van der Waals surface area contributed by atoms with Crippen LogP contribution < -0.4 is 27.0 Å². The summed E-state index contributed by atoms with van der Waals surface area (Å²) in [5.41, 5.74) is 5.65. The number of benzene rings is 1. The molecule has 0 fully saturated rings. The summed E-state index contributed by atoms with van der Waals surface area (Å²) >= 11 is 0. The Labute approximate surface area is 186 Å². The van der Waals surface area contributed by atoms with E-state index in [1.165, 1.54) is 17.7 Å². The van der Waals surface area contributed by atoms with E-state index < -0.39 is 23.2 Å². The van der Waals surface area contributed by atoms with E-state index in [1.54, 1.807) is 27.9 Å². The average molecular weight is 446 g/mol. The van der Waals surface area contributed by atoms with E-state index in [9.17, 15) is 14.4 Å². The summed E-state index contributed by atoms with van der Waals surface area (Å²) in [6, 6.07) is 6.22.